The Kier molecular flexibility index (Phi) is 1.77. The molecule has 1 heterocycles. The fourth-order valence-corrected chi connectivity index (χ4v) is 2.08. The lowest BCUT2D eigenvalue weighted by atomic mass is 10.1. The molecule has 5 nitrogen and oxygen atoms in total. The number of nitrogens with zero attached hydrogens (tertiary/aromatic N) is 3. The monoisotopic (exact) mass is 217 g/mol. The van der Waals surface area contributed by atoms with Crippen molar-refractivity contribution in [2.45, 2.75) is 18.8 Å². The topological polar surface area (TPSA) is 61.0 Å². The molecule has 0 aliphatic heterocycles. The molecule has 0 amide bonds. The molecule has 16 heavy (non-hydrogen) atoms. The zero-order chi connectivity index (χ0) is 11.3. The molecule has 1 aliphatic rings. The van der Waals surface area contributed by atoms with E-state index in [4.69, 9.17) is 0 Å². The summed E-state index contributed by atoms with van der Waals surface area (Å²) in [5.41, 5.74) is 2.07. The molecule has 1 aromatic heterocycles. The number of hydrogen-bond acceptors (Lipinski definition) is 3. The molecule has 0 atom stereocenters. The quantitative estimate of drug-likeness (QED) is 0.573. The standard InChI is InChI=1S/C11H11N3O2/c1-13-10-5-9(7-2-3-7)11(14(15)16)4-8(10)6-12-13/h4-7H,2-3H2,1H3. The first-order valence-corrected chi connectivity index (χ1v) is 5.27. The maximum absolute atomic E-state index is 11.0. The number of rotatable bonds is 2. The summed E-state index contributed by atoms with van der Waals surface area (Å²) < 4.78 is 1.75. The van der Waals surface area contributed by atoms with Gasteiger partial charge in [0.2, 0.25) is 0 Å². The molecular weight excluding hydrogens is 206 g/mol. The number of fused-ring (bicyclic) bond motifs is 1. The van der Waals surface area contributed by atoms with Gasteiger partial charge in [0.05, 0.1) is 16.6 Å². The highest BCUT2D eigenvalue weighted by molar-refractivity contribution is 5.83. The molecule has 0 unspecified atom stereocenters. The predicted molar refractivity (Wildman–Crippen MR) is 59.3 cm³/mol. The van der Waals surface area contributed by atoms with Crippen LogP contribution in [0.4, 0.5) is 5.69 Å². The van der Waals surface area contributed by atoms with E-state index in [0.717, 1.165) is 29.3 Å². The van der Waals surface area contributed by atoms with Crippen LogP contribution in [0, 0.1) is 10.1 Å². The Bertz CT molecular complexity index is 584. The first-order chi connectivity index (χ1) is 7.66. The summed E-state index contributed by atoms with van der Waals surface area (Å²) in [4.78, 5) is 10.7. The third-order valence-corrected chi connectivity index (χ3v) is 3.11. The first-order valence-electron chi connectivity index (χ1n) is 5.27. The molecular formula is C11H11N3O2. The van der Waals surface area contributed by atoms with Crippen LogP contribution in [-0.2, 0) is 7.05 Å². The van der Waals surface area contributed by atoms with E-state index in [2.05, 4.69) is 5.10 Å². The number of aromatic nitrogens is 2. The van der Waals surface area contributed by atoms with Crippen molar-refractivity contribution >= 4 is 16.6 Å². The molecule has 2 aromatic rings. The Morgan fingerprint density at radius 3 is 2.88 bits per heavy atom. The summed E-state index contributed by atoms with van der Waals surface area (Å²) in [7, 11) is 1.85. The van der Waals surface area contributed by atoms with Crippen molar-refractivity contribution in [3.63, 3.8) is 0 Å². The van der Waals surface area contributed by atoms with Gasteiger partial charge in [0.25, 0.3) is 5.69 Å². The number of nitro benzene ring substituents is 1. The lowest BCUT2D eigenvalue weighted by molar-refractivity contribution is -0.385. The van der Waals surface area contributed by atoms with Crippen molar-refractivity contribution in [3.05, 3.63) is 34.0 Å². The van der Waals surface area contributed by atoms with Crippen LogP contribution in [0.3, 0.4) is 0 Å². The lowest BCUT2D eigenvalue weighted by Gasteiger charge is -2.02. The van der Waals surface area contributed by atoms with Crippen molar-refractivity contribution in [3.8, 4) is 0 Å². The van der Waals surface area contributed by atoms with E-state index in [-0.39, 0.29) is 10.6 Å². The van der Waals surface area contributed by atoms with Crippen LogP contribution in [0.25, 0.3) is 10.9 Å². The Morgan fingerprint density at radius 1 is 1.50 bits per heavy atom. The van der Waals surface area contributed by atoms with Crippen molar-refractivity contribution in [1.82, 2.24) is 9.78 Å². The minimum Gasteiger partial charge on any atom is -0.268 e. The molecule has 1 fully saturated rings. The van der Waals surface area contributed by atoms with E-state index in [1.165, 1.54) is 0 Å². The Balaban J connectivity index is 2.30. The van der Waals surface area contributed by atoms with E-state index < -0.39 is 0 Å². The van der Waals surface area contributed by atoms with Gasteiger partial charge in [-0.05, 0) is 24.8 Å². The largest absolute Gasteiger partial charge is 0.273 e. The second-order valence-corrected chi connectivity index (χ2v) is 4.27. The van der Waals surface area contributed by atoms with Gasteiger partial charge in [-0.2, -0.15) is 5.10 Å². The van der Waals surface area contributed by atoms with Gasteiger partial charge in [-0.3, -0.25) is 14.8 Å². The maximum Gasteiger partial charge on any atom is 0.273 e. The Morgan fingerprint density at radius 2 is 2.25 bits per heavy atom. The summed E-state index contributed by atoms with van der Waals surface area (Å²) in [6.07, 6.45) is 3.79. The van der Waals surface area contributed by atoms with E-state index >= 15 is 0 Å². The summed E-state index contributed by atoms with van der Waals surface area (Å²) in [5, 5.41) is 15.9. The van der Waals surface area contributed by atoms with Crippen LogP contribution in [0.5, 0.6) is 0 Å². The second-order valence-electron chi connectivity index (χ2n) is 4.27. The third-order valence-electron chi connectivity index (χ3n) is 3.11. The summed E-state index contributed by atoms with van der Waals surface area (Å²) in [6, 6.07) is 3.55. The second kappa shape index (κ2) is 3.04. The fraction of sp³-hybridized carbons (Fsp3) is 0.364. The minimum absolute atomic E-state index is 0.239. The van der Waals surface area contributed by atoms with Crippen molar-refractivity contribution in [2.24, 2.45) is 7.05 Å². The van der Waals surface area contributed by atoms with Crippen LogP contribution in [0.2, 0.25) is 0 Å². The van der Waals surface area contributed by atoms with E-state index in [1.807, 2.05) is 13.1 Å². The maximum atomic E-state index is 11.0. The average molecular weight is 217 g/mol. The molecule has 0 bridgehead atoms. The average Bonchev–Trinajstić information content (AvgIpc) is 3.03. The van der Waals surface area contributed by atoms with Gasteiger partial charge in [0.15, 0.2) is 0 Å². The Hall–Kier alpha value is -1.91. The summed E-state index contributed by atoms with van der Waals surface area (Å²) in [5.74, 6) is 0.375. The van der Waals surface area contributed by atoms with Crippen LogP contribution in [0.15, 0.2) is 18.3 Å². The van der Waals surface area contributed by atoms with Crippen LogP contribution < -0.4 is 0 Å². The summed E-state index contributed by atoms with van der Waals surface area (Å²) >= 11 is 0. The molecule has 0 spiro atoms. The fourth-order valence-electron chi connectivity index (χ4n) is 2.08. The van der Waals surface area contributed by atoms with Gasteiger partial charge >= 0.3 is 0 Å². The predicted octanol–water partition coefficient (Wildman–Crippen LogP) is 2.36. The molecule has 82 valence electrons. The highest BCUT2D eigenvalue weighted by Gasteiger charge is 2.31. The van der Waals surface area contributed by atoms with E-state index in [0.29, 0.717) is 5.92 Å². The molecule has 0 N–H and O–H groups in total. The van der Waals surface area contributed by atoms with Gasteiger partial charge in [-0.15, -0.1) is 0 Å². The van der Waals surface area contributed by atoms with Gasteiger partial charge in [-0.25, -0.2) is 0 Å². The molecule has 1 aromatic carbocycles. The number of benzene rings is 1. The van der Waals surface area contributed by atoms with Crippen LogP contribution >= 0.6 is 0 Å². The normalized spacial score (nSPS) is 15.6. The van der Waals surface area contributed by atoms with Gasteiger partial charge in [0.1, 0.15) is 0 Å². The zero-order valence-electron chi connectivity index (χ0n) is 8.88. The molecule has 1 saturated carbocycles. The van der Waals surface area contributed by atoms with Crippen LogP contribution in [0.1, 0.15) is 24.3 Å². The molecule has 1 aliphatic carbocycles. The zero-order valence-corrected chi connectivity index (χ0v) is 8.88. The van der Waals surface area contributed by atoms with Crippen LogP contribution in [-0.4, -0.2) is 14.7 Å². The number of hydrogen-bond donors (Lipinski definition) is 0. The minimum atomic E-state index is -0.292. The van der Waals surface area contributed by atoms with E-state index in [9.17, 15) is 10.1 Å². The highest BCUT2D eigenvalue weighted by atomic mass is 16.6. The van der Waals surface area contributed by atoms with Gasteiger partial charge in [0, 0.05) is 24.1 Å². The smallest absolute Gasteiger partial charge is 0.268 e. The van der Waals surface area contributed by atoms with Gasteiger partial charge in [-0.1, -0.05) is 0 Å². The molecule has 0 radical (unpaired) electrons. The molecule has 5 heteroatoms. The lowest BCUT2D eigenvalue weighted by Crippen LogP contribution is -1.95. The summed E-state index contributed by atoms with van der Waals surface area (Å²) in [6.45, 7) is 0. The molecule has 0 saturated heterocycles. The van der Waals surface area contributed by atoms with Crippen molar-refractivity contribution in [1.29, 1.82) is 0 Å². The van der Waals surface area contributed by atoms with Crippen molar-refractivity contribution in [2.75, 3.05) is 0 Å². The Labute approximate surface area is 91.8 Å². The first kappa shape index (κ1) is 9.33. The van der Waals surface area contributed by atoms with E-state index in [1.54, 1.807) is 16.9 Å². The molecule has 3 rings (SSSR count). The SMILES string of the molecule is Cn1ncc2cc([N+](=O)[O-])c(C3CC3)cc21. The van der Waals surface area contributed by atoms with Gasteiger partial charge < -0.3 is 0 Å². The van der Waals surface area contributed by atoms with Crippen molar-refractivity contribution < 1.29 is 4.92 Å². The highest BCUT2D eigenvalue weighted by Crippen LogP contribution is 2.45. The number of aryl methyl sites for hydroxylation is 1. The number of nitro groups is 1. The third kappa shape index (κ3) is 1.28.